The molecule has 0 spiro atoms. The van der Waals surface area contributed by atoms with Crippen LogP contribution in [0.1, 0.15) is 49.6 Å². The van der Waals surface area contributed by atoms with Crippen LogP contribution < -0.4 is 5.32 Å². The lowest BCUT2D eigenvalue weighted by atomic mass is 10.0. The molecule has 2 unspecified atom stereocenters. The van der Waals surface area contributed by atoms with Crippen LogP contribution in [0.25, 0.3) is 0 Å². The zero-order chi connectivity index (χ0) is 13.8. The van der Waals surface area contributed by atoms with Gasteiger partial charge in [0.25, 0.3) is 0 Å². The molecular weight excluding hydrogens is 304 g/mol. The molecule has 0 aliphatic carbocycles. The van der Waals surface area contributed by atoms with Crippen molar-refractivity contribution < 1.29 is 4.42 Å². The van der Waals surface area contributed by atoms with Gasteiger partial charge in [0.15, 0.2) is 0 Å². The van der Waals surface area contributed by atoms with Crippen LogP contribution in [0, 0.1) is 6.92 Å². The maximum absolute atomic E-state index is 5.56. The van der Waals surface area contributed by atoms with Crippen LogP contribution in [0.4, 0.5) is 0 Å². The van der Waals surface area contributed by atoms with E-state index in [1.807, 2.05) is 6.92 Å². The highest BCUT2D eigenvalue weighted by Crippen LogP contribution is 2.23. The molecule has 0 aliphatic heterocycles. The third kappa shape index (κ3) is 3.67. The molecule has 0 amide bonds. The summed E-state index contributed by atoms with van der Waals surface area (Å²) in [7, 11) is 0. The number of hydrogen-bond donors (Lipinski definition) is 1. The second kappa shape index (κ2) is 6.35. The quantitative estimate of drug-likeness (QED) is 0.877. The molecular formula is C15H19BrN2O. The van der Waals surface area contributed by atoms with Gasteiger partial charge in [0.2, 0.25) is 5.89 Å². The molecule has 3 nitrogen and oxygen atoms in total. The Morgan fingerprint density at radius 1 is 1.32 bits per heavy atom. The highest BCUT2D eigenvalue weighted by Gasteiger charge is 2.17. The van der Waals surface area contributed by atoms with Crippen molar-refractivity contribution in [1.82, 2.24) is 10.3 Å². The normalized spacial score (nSPS) is 14.3. The molecule has 2 aromatic rings. The predicted molar refractivity (Wildman–Crippen MR) is 80.0 cm³/mol. The number of nitrogens with zero attached hydrogens (tertiary/aromatic N) is 1. The summed E-state index contributed by atoms with van der Waals surface area (Å²) in [5.41, 5.74) is 1.28. The fraction of sp³-hybridized carbons (Fsp3) is 0.400. The summed E-state index contributed by atoms with van der Waals surface area (Å²) in [6, 6.07) is 8.81. The van der Waals surface area contributed by atoms with Crippen LogP contribution in [0.15, 0.2) is 39.4 Å². The Bertz CT molecular complexity index is 521. The van der Waals surface area contributed by atoms with Crippen molar-refractivity contribution in [3.63, 3.8) is 0 Å². The average Bonchev–Trinajstić information content (AvgIpc) is 2.84. The van der Waals surface area contributed by atoms with Gasteiger partial charge in [-0.3, -0.25) is 5.32 Å². The Morgan fingerprint density at radius 3 is 2.53 bits per heavy atom. The Morgan fingerprint density at radius 2 is 2.00 bits per heavy atom. The lowest BCUT2D eigenvalue weighted by molar-refractivity contribution is 0.367. The molecule has 1 N–H and O–H groups in total. The van der Waals surface area contributed by atoms with Crippen LogP contribution in [0.3, 0.4) is 0 Å². The summed E-state index contributed by atoms with van der Waals surface area (Å²) < 4.78 is 6.66. The highest BCUT2D eigenvalue weighted by molar-refractivity contribution is 9.10. The minimum Gasteiger partial charge on any atom is -0.444 e. The first-order chi connectivity index (χ1) is 9.10. The van der Waals surface area contributed by atoms with Gasteiger partial charge in [-0.2, -0.15) is 0 Å². The average molecular weight is 323 g/mol. The SMILES string of the molecule is CCC(NC(C)c1ncc(C)o1)c1ccc(Br)cc1. The predicted octanol–water partition coefficient (Wildman–Crippen LogP) is 4.55. The monoisotopic (exact) mass is 322 g/mol. The summed E-state index contributed by atoms with van der Waals surface area (Å²) in [4.78, 5) is 4.27. The fourth-order valence-electron chi connectivity index (χ4n) is 2.09. The zero-order valence-corrected chi connectivity index (χ0v) is 13.1. The van der Waals surface area contributed by atoms with E-state index >= 15 is 0 Å². The number of benzene rings is 1. The minimum atomic E-state index is 0.0993. The summed E-state index contributed by atoms with van der Waals surface area (Å²) in [5, 5.41) is 3.56. The van der Waals surface area contributed by atoms with E-state index in [-0.39, 0.29) is 6.04 Å². The van der Waals surface area contributed by atoms with Crippen LogP contribution >= 0.6 is 15.9 Å². The lowest BCUT2D eigenvalue weighted by Gasteiger charge is -2.21. The van der Waals surface area contributed by atoms with Gasteiger partial charge in [-0.25, -0.2) is 4.98 Å². The van der Waals surface area contributed by atoms with Gasteiger partial charge >= 0.3 is 0 Å². The first-order valence-corrected chi connectivity index (χ1v) is 7.33. The van der Waals surface area contributed by atoms with Crippen LogP contribution in [0.2, 0.25) is 0 Å². The number of hydrogen-bond acceptors (Lipinski definition) is 3. The maximum atomic E-state index is 5.56. The molecule has 2 atom stereocenters. The smallest absolute Gasteiger partial charge is 0.211 e. The molecule has 0 bridgehead atoms. The molecule has 0 fully saturated rings. The topological polar surface area (TPSA) is 38.1 Å². The van der Waals surface area contributed by atoms with E-state index in [0.717, 1.165) is 22.5 Å². The number of rotatable bonds is 5. The van der Waals surface area contributed by atoms with Crippen molar-refractivity contribution in [3.05, 3.63) is 52.1 Å². The Labute approximate surface area is 122 Å². The molecule has 0 radical (unpaired) electrons. The Kier molecular flexibility index (Phi) is 4.77. The van der Waals surface area contributed by atoms with E-state index < -0.39 is 0 Å². The van der Waals surface area contributed by atoms with E-state index in [9.17, 15) is 0 Å². The van der Waals surface area contributed by atoms with E-state index in [1.54, 1.807) is 6.20 Å². The van der Waals surface area contributed by atoms with Gasteiger partial charge in [-0.15, -0.1) is 0 Å². The van der Waals surface area contributed by atoms with Crippen molar-refractivity contribution in [2.45, 2.75) is 39.3 Å². The minimum absolute atomic E-state index is 0.0993. The number of aryl methyl sites for hydroxylation is 1. The molecule has 2 rings (SSSR count). The van der Waals surface area contributed by atoms with Crippen LogP contribution in [-0.4, -0.2) is 4.98 Å². The van der Waals surface area contributed by atoms with Crippen LogP contribution in [0.5, 0.6) is 0 Å². The number of oxazole rings is 1. The first-order valence-electron chi connectivity index (χ1n) is 6.54. The van der Waals surface area contributed by atoms with Crippen molar-refractivity contribution in [2.75, 3.05) is 0 Å². The Hall–Kier alpha value is -1.13. The van der Waals surface area contributed by atoms with E-state index in [0.29, 0.717) is 6.04 Å². The maximum Gasteiger partial charge on any atom is 0.211 e. The van der Waals surface area contributed by atoms with Crippen molar-refractivity contribution in [1.29, 1.82) is 0 Å². The third-order valence-corrected chi connectivity index (χ3v) is 3.67. The summed E-state index contributed by atoms with van der Waals surface area (Å²) in [6.45, 7) is 6.16. The zero-order valence-electron chi connectivity index (χ0n) is 11.5. The van der Waals surface area contributed by atoms with E-state index in [4.69, 9.17) is 4.42 Å². The van der Waals surface area contributed by atoms with Gasteiger partial charge in [0.05, 0.1) is 12.2 Å². The van der Waals surface area contributed by atoms with Crippen molar-refractivity contribution >= 4 is 15.9 Å². The molecule has 19 heavy (non-hydrogen) atoms. The third-order valence-electron chi connectivity index (χ3n) is 3.14. The standard InChI is InChI=1S/C15H19BrN2O/c1-4-14(12-5-7-13(16)8-6-12)18-11(3)15-17-9-10(2)19-15/h5-9,11,14,18H,4H2,1-3H3. The largest absolute Gasteiger partial charge is 0.444 e. The number of halogens is 1. The van der Waals surface area contributed by atoms with Gasteiger partial charge in [-0.05, 0) is 38.0 Å². The molecule has 4 heteroatoms. The lowest BCUT2D eigenvalue weighted by Crippen LogP contribution is -2.24. The van der Waals surface area contributed by atoms with Crippen LogP contribution in [-0.2, 0) is 0 Å². The van der Waals surface area contributed by atoms with Crippen molar-refractivity contribution in [2.24, 2.45) is 0 Å². The first kappa shape index (κ1) is 14.3. The molecule has 0 saturated carbocycles. The molecule has 0 saturated heterocycles. The highest BCUT2D eigenvalue weighted by atomic mass is 79.9. The van der Waals surface area contributed by atoms with E-state index in [2.05, 4.69) is 64.3 Å². The summed E-state index contributed by atoms with van der Waals surface area (Å²) in [5.74, 6) is 1.59. The van der Waals surface area contributed by atoms with Gasteiger partial charge in [-0.1, -0.05) is 35.0 Å². The number of nitrogens with one attached hydrogen (secondary N) is 1. The molecule has 1 heterocycles. The van der Waals surface area contributed by atoms with Gasteiger partial charge < -0.3 is 4.42 Å². The van der Waals surface area contributed by atoms with Crippen molar-refractivity contribution in [3.8, 4) is 0 Å². The second-order valence-electron chi connectivity index (χ2n) is 4.71. The number of aromatic nitrogens is 1. The summed E-state index contributed by atoms with van der Waals surface area (Å²) in [6.07, 6.45) is 2.78. The van der Waals surface area contributed by atoms with Gasteiger partial charge in [0.1, 0.15) is 5.76 Å². The fourth-order valence-corrected chi connectivity index (χ4v) is 2.35. The molecule has 1 aromatic carbocycles. The Balaban J connectivity index is 2.08. The molecule has 102 valence electrons. The summed E-state index contributed by atoms with van der Waals surface area (Å²) >= 11 is 3.46. The molecule has 1 aromatic heterocycles. The second-order valence-corrected chi connectivity index (χ2v) is 5.63. The van der Waals surface area contributed by atoms with Gasteiger partial charge in [0, 0.05) is 10.5 Å². The molecule has 0 aliphatic rings. The van der Waals surface area contributed by atoms with E-state index in [1.165, 1.54) is 5.56 Å².